The SMILES string of the molecule is COc1c(CN2CCN(S(=O)(=O)Cc3ccon3)CC2)c(C)nn1C. The lowest BCUT2D eigenvalue weighted by molar-refractivity contribution is 0.179. The molecule has 1 aliphatic heterocycles. The van der Waals surface area contributed by atoms with Gasteiger partial charge in [-0.2, -0.15) is 9.40 Å². The van der Waals surface area contributed by atoms with Gasteiger partial charge < -0.3 is 9.26 Å². The third-order valence-electron chi connectivity index (χ3n) is 4.41. The number of aryl methyl sites for hydroxylation is 2. The van der Waals surface area contributed by atoms with Crippen LogP contribution in [0.1, 0.15) is 17.0 Å². The zero-order valence-electron chi connectivity index (χ0n) is 14.7. The van der Waals surface area contributed by atoms with Gasteiger partial charge in [-0.15, -0.1) is 0 Å². The zero-order chi connectivity index (χ0) is 18.0. The Morgan fingerprint density at radius 2 is 2.00 bits per heavy atom. The number of nitrogens with zero attached hydrogens (tertiary/aromatic N) is 5. The highest BCUT2D eigenvalue weighted by Gasteiger charge is 2.29. The lowest BCUT2D eigenvalue weighted by atomic mass is 10.2. The van der Waals surface area contributed by atoms with E-state index in [1.165, 1.54) is 10.6 Å². The third-order valence-corrected chi connectivity index (χ3v) is 6.22. The van der Waals surface area contributed by atoms with E-state index in [1.807, 2.05) is 14.0 Å². The highest BCUT2D eigenvalue weighted by Crippen LogP contribution is 2.23. The fourth-order valence-electron chi connectivity index (χ4n) is 3.10. The van der Waals surface area contributed by atoms with Gasteiger partial charge in [0.25, 0.3) is 0 Å². The van der Waals surface area contributed by atoms with E-state index >= 15 is 0 Å². The van der Waals surface area contributed by atoms with E-state index in [1.54, 1.807) is 17.9 Å². The molecule has 10 heteroatoms. The first kappa shape index (κ1) is 17.9. The molecule has 0 N–H and O–H groups in total. The van der Waals surface area contributed by atoms with Gasteiger partial charge in [0.2, 0.25) is 15.9 Å². The number of hydrogen-bond donors (Lipinski definition) is 0. The smallest absolute Gasteiger partial charge is 0.220 e. The maximum absolute atomic E-state index is 12.5. The predicted molar refractivity (Wildman–Crippen MR) is 90.5 cm³/mol. The topological polar surface area (TPSA) is 93.7 Å². The molecule has 138 valence electrons. The van der Waals surface area contributed by atoms with Crippen LogP contribution in [-0.2, 0) is 29.4 Å². The summed E-state index contributed by atoms with van der Waals surface area (Å²) in [5.74, 6) is 0.623. The molecule has 0 unspecified atom stereocenters. The van der Waals surface area contributed by atoms with E-state index < -0.39 is 10.0 Å². The van der Waals surface area contributed by atoms with Crippen LogP contribution in [0.25, 0.3) is 0 Å². The van der Waals surface area contributed by atoms with E-state index in [0.29, 0.717) is 38.4 Å². The average Bonchev–Trinajstić information content (AvgIpc) is 3.16. The summed E-state index contributed by atoms with van der Waals surface area (Å²) in [6.07, 6.45) is 1.38. The molecule has 3 rings (SSSR count). The van der Waals surface area contributed by atoms with Crippen LogP contribution >= 0.6 is 0 Å². The van der Waals surface area contributed by atoms with Crippen molar-refractivity contribution in [1.29, 1.82) is 0 Å². The van der Waals surface area contributed by atoms with E-state index in [9.17, 15) is 8.42 Å². The molecule has 2 aromatic rings. The Bertz CT molecular complexity index is 807. The standard InChI is InChI=1S/C15H23N5O4S/c1-12-14(15(23-3)18(2)16-12)10-19-5-7-20(8-6-19)25(21,22)11-13-4-9-24-17-13/h4,9H,5-8,10-11H2,1-3H3. The summed E-state index contributed by atoms with van der Waals surface area (Å²) in [5, 5.41) is 8.07. The Morgan fingerprint density at radius 1 is 1.28 bits per heavy atom. The van der Waals surface area contributed by atoms with Gasteiger partial charge in [-0.05, 0) is 6.92 Å². The van der Waals surface area contributed by atoms with Crippen molar-refractivity contribution in [3.8, 4) is 5.88 Å². The largest absolute Gasteiger partial charge is 0.481 e. The van der Waals surface area contributed by atoms with Crippen molar-refractivity contribution >= 4 is 10.0 Å². The molecule has 0 bridgehead atoms. The molecule has 9 nitrogen and oxygen atoms in total. The van der Waals surface area contributed by atoms with Crippen molar-refractivity contribution in [2.45, 2.75) is 19.2 Å². The lowest BCUT2D eigenvalue weighted by Crippen LogP contribution is -2.48. The predicted octanol–water partition coefficient (Wildman–Crippen LogP) is 0.373. The zero-order valence-corrected chi connectivity index (χ0v) is 15.5. The molecule has 0 spiro atoms. The van der Waals surface area contributed by atoms with Crippen molar-refractivity contribution in [3.63, 3.8) is 0 Å². The summed E-state index contributed by atoms with van der Waals surface area (Å²) in [6, 6.07) is 1.57. The Morgan fingerprint density at radius 3 is 2.60 bits per heavy atom. The quantitative estimate of drug-likeness (QED) is 0.726. The van der Waals surface area contributed by atoms with Crippen molar-refractivity contribution in [3.05, 3.63) is 29.3 Å². The Kier molecular flexibility index (Phi) is 5.11. The number of hydrogen-bond acceptors (Lipinski definition) is 7. The number of ether oxygens (including phenoxy) is 1. The first-order valence-electron chi connectivity index (χ1n) is 8.06. The van der Waals surface area contributed by atoms with Crippen LogP contribution in [0.15, 0.2) is 16.9 Å². The number of methoxy groups -OCH3 is 1. The molecule has 25 heavy (non-hydrogen) atoms. The van der Waals surface area contributed by atoms with Crippen LogP contribution in [-0.4, -0.2) is 65.8 Å². The van der Waals surface area contributed by atoms with E-state index in [4.69, 9.17) is 9.26 Å². The number of rotatable bonds is 6. The van der Waals surface area contributed by atoms with E-state index in [2.05, 4.69) is 15.2 Å². The Balaban J connectivity index is 1.61. The molecule has 0 aromatic carbocycles. The third kappa shape index (κ3) is 3.86. The molecule has 1 saturated heterocycles. The molecule has 0 saturated carbocycles. The minimum absolute atomic E-state index is 0.126. The number of sulfonamides is 1. The number of piperazine rings is 1. The second-order valence-electron chi connectivity index (χ2n) is 6.12. The molecule has 1 aliphatic rings. The molecular formula is C15H23N5O4S. The maximum atomic E-state index is 12.5. The van der Waals surface area contributed by atoms with Gasteiger partial charge >= 0.3 is 0 Å². The van der Waals surface area contributed by atoms with Crippen molar-refractivity contribution in [1.82, 2.24) is 24.1 Å². The summed E-state index contributed by atoms with van der Waals surface area (Å²) in [6.45, 7) is 4.89. The molecule has 0 radical (unpaired) electrons. The van der Waals surface area contributed by atoms with Gasteiger partial charge in [-0.3, -0.25) is 4.90 Å². The molecule has 0 amide bonds. The van der Waals surface area contributed by atoms with Crippen LogP contribution in [0.5, 0.6) is 5.88 Å². The van der Waals surface area contributed by atoms with Crippen LogP contribution in [0.3, 0.4) is 0 Å². The molecule has 2 aromatic heterocycles. The molecule has 1 fully saturated rings. The van der Waals surface area contributed by atoms with Crippen molar-refractivity contribution < 1.29 is 17.7 Å². The summed E-state index contributed by atoms with van der Waals surface area (Å²) in [5.41, 5.74) is 2.41. The minimum atomic E-state index is -3.38. The monoisotopic (exact) mass is 369 g/mol. The summed E-state index contributed by atoms with van der Waals surface area (Å²) in [4.78, 5) is 2.22. The molecule has 0 aliphatic carbocycles. The van der Waals surface area contributed by atoms with Gasteiger partial charge in [0.1, 0.15) is 12.0 Å². The molecular weight excluding hydrogens is 346 g/mol. The lowest BCUT2D eigenvalue weighted by Gasteiger charge is -2.33. The first-order chi connectivity index (χ1) is 11.9. The van der Waals surface area contributed by atoms with Crippen LogP contribution < -0.4 is 4.74 Å². The molecule has 0 atom stereocenters. The minimum Gasteiger partial charge on any atom is -0.481 e. The van der Waals surface area contributed by atoms with Crippen LogP contribution in [0, 0.1) is 6.92 Å². The number of aromatic nitrogens is 3. The second kappa shape index (κ2) is 7.14. The highest BCUT2D eigenvalue weighted by molar-refractivity contribution is 7.88. The van der Waals surface area contributed by atoms with Crippen LogP contribution in [0.2, 0.25) is 0 Å². The Hall–Kier alpha value is -1.91. The highest BCUT2D eigenvalue weighted by atomic mass is 32.2. The van der Waals surface area contributed by atoms with Crippen LogP contribution in [0.4, 0.5) is 0 Å². The van der Waals surface area contributed by atoms with Gasteiger partial charge in [0.15, 0.2) is 0 Å². The fourth-order valence-corrected chi connectivity index (χ4v) is 4.52. The normalized spacial score (nSPS) is 17.1. The van der Waals surface area contributed by atoms with Gasteiger partial charge in [-0.25, -0.2) is 13.1 Å². The summed E-state index contributed by atoms with van der Waals surface area (Å²) in [7, 11) is 0.108. The average molecular weight is 369 g/mol. The summed E-state index contributed by atoms with van der Waals surface area (Å²) >= 11 is 0. The van der Waals surface area contributed by atoms with E-state index in [0.717, 1.165) is 17.1 Å². The Labute approximate surface area is 147 Å². The van der Waals surface area contributed by atoms with Crippen molar-refractivity contribution in [2.24, 2.45) is 7.05 Å². The summed E-state index contributed by atoms with van der Waals surface area (Å²) < 4.78 is 38.3. The second-order valence-corrected chi connectivity index (χ2v) is 8.09. The van der Waals surface area contributed by atoms with Gasteiger partial charge in [0.05, 0.1) is 24.1 Å². The van der Waals surface area contributed by atoms with Gasteiger partial charge in [-0.1, -0.05) is 5.16 Å². The van der Waals surface area contributed by atoms with Crippen molar-refractivity contribution in [2.75, 3.05) is 33.3 Å². The van der Waals surface area contributed by atoms with E-state index in [-0.39, 0.29) is 5.75 Å². The molecule has 3 heterocycles. The fraction of sp³-hybridized carbons (Fsp3) is 0.600. The first-order valence-corrected chi connectivity index (χ1v) is 9.67. The van der Waals surface area contributed by atoms with Gasteiger partial charge in [0, 0.05) is 45.8 Å². The maximum Gasteiger partial charge on any atom is 0.220 e.